The van der Waals surface area contributed by atoms with E-state index in [1.165, 1.54) is 6.42 Å². The third-order valence-electron chi connectivity index (χ3n) is 6.62. The Morgan fingerprint density at radius 1 is 1.46 bits per heavy atom. The van der Waals surface area contributed by atoms with Crippen LogP contribution >= 0.6 is 0 Å². The highest BCUT2D eigenvalue weighted by Gasteiger charge is 2.76. The Labute approximate surface area is 141 Å². The molecule has 4 nitrogen and oxygen atoms in total. The summed E-state index contributed by atoms with van der Waals surface area (Å²) in [5.74, 6) is 2.20. The molecule has 5 atom stereocenters. The monoisotopic (exact) mass is 322 g/mol. The minimum atomic E-state index is -0.488. The van der Waals surface area contributed by atoms with Crippen LogP contribution in [-0.2, 0) is 0 Å². The van der Waals surface area contributed by atoms with Gasteiger partial charge in [0.1, 0.15) is 5.75 Å². The third kappa shape index (κ3) is 1.63. The van der Waals surface area contributed by atoms with Crippen LogP contribution in [0.3, 0.4) is 0 Å². The molecule has 1 N–H and O–H groups in total. The van der Waals surface area contributed by atoms with Crippen LogP contribution in [0.25, 0.3) is 10.9 Å². The van der Waals surface area contributed by atoms with Gasteiger partial charge in [-0.2, -0.15) is 0 Å². The van der Waals surface area contributed by atoms with Crippen LogP contribution in [0.2, 0.25) is 0 Å². The second-order valence-corrected chi connectivity index (χ2v) is 7.34. The molecular formula is C20H22N2O2. The van der Waals surface area contributed by atoms with Crippen molar-refractivity contribution in [3.63, 3.8) is 0 Å². The Morgan fingerprint density at radius 3 is 3.08 bits per heavy atom. The van der Waals surface area contributed by atoms with E-state index in [1.807, 2.05) is 24.3 Å². The van der Waals surface area contributed by atoms with Crippen molar-refractivity contribution in [2.75, 3.05) is 13.7 Å². The second-order valence-electron chi connectivity index (χ2n) is 7.34. The molecule has 4 heteroatoms. The summed E-state index contributed by atoms with van der Waals surface area (Å²) in [6, 6.07) is 7.99. The third-order valence-corrected chi connectivity index (χ3v) is 6.62. The average molecular weight is 322 g/mol. The summed E-state index contributed by atoms with van der Waals surface area (Å²) >= 11 is 0. The zero-order valence-corrected chi connectivity index (χ0v) is 13.9. The van der Waals surface area contributed by atoms with Gasteiger partial charge in [0.05, 0.1) is 18.7 Å². The molecule has 2 aromatic rings. The fourth-order valence-electron chi connectivity index (χ4n) is 5.46. The van der Waals surface area contributed by atoms with Crippen molar-refractivity contribution in [1.29, 1.82) is 0 Å². The SMILES string of the molecule is C=CC1C2CCN3[C@H]([C@H](O)c4ccnc5ccc(OC)cc45)CC123. The molecule has 1 aromatic heterocycles. The van der Waals surface area contributed by atoms with Crippen molar-refractivity contribution in [2.45, 2.75) is 30.5 Å². The highest BCUT2D eigenvalue weighted by Crippen LogP contribution is 2.71. The maximum absolute atomic E-state index is 11.1. The van der Waals surface area contributed by atoms with E-state index in [9.17, 15) is 5.11 Å². The Balaban J connectivity index is 1.49. The highest BCUT2D eigenvalue weighted by molar-refractivity contribution is 5.84. The first-order chi connectivity index (χ1) is 11.7. The van der Waals surface area contributed by atoms with Crippen LogP contribution in [0.4, 0.5) is 0 Å². The standard InChI is InChI=1S/C20H22N2O2/c1-3-15-16-7-9-22-18(11-20(15,16)22)19(23)13-6-8-21-17-5-4-12(24-2)10-14(13)17/h3-6,8,10,15-16,18-19,23H,1,7,9,11H2,2H3/t15?,16?,18-,19+,20?/m0/s1. The minimum absolute atomic E-state index is 0.205. The van der Waals surface area contributed by atoms with Crippen molar-refractivity contribution in [3.8, 4) is 5.75 Å². The lowest BCUT2D eigenvalue weighted by Gasteiger charge is -2.50. The van der Waals surface area contributed by atoms with Gasteiger partial charge in [0.2, 0.25) is 0 Å². The Morgan fingerprint density at radius 2 is 2.33 bits per heavy atom. The molecule has 3 heterocycles. The molecule has 3 unspecified atom stereocenters. The van der Waals surface area contributed by atoms with Crippen LogP contribution in [0.5, 0.6) is 5.75 Å². The first-order valence-corrected chi connectivity index (χ1v) is 8.70. The van der Waals surface area contributed by atoms with E-state index in [1.54, 1.807) is 13.3 Å². The van der Waals surface area contributed by atoms with Gasteiger partial charge in [-0.1, -0.05) is 6.08 Å². The lowest BCUT2D eigenvalue weighted by atomic mass is 9.82. The maximum Gasteiger partial charge on any atom is 0.119 e. The van der Waals surface area contributed by atoms with E-state index in [-0.39, 0.29) is 6.04 Å². The van der Waals surface area contributed by atoms with Gasteiger partial charge in [-0.15, -0.1) is 6.58 Å². The van der Waals surface area contributed by atoms with Crippen LogP contribution in [-0.4, -0.2) is 40.2 Å². The number of piperidine rings is 1. The molecular weight excluding hydrogens is 300 g/mol. The lowest BCUT2D eigenvalue weighted by Crippen LogP contribution is -2.59. The number of rotatable bonds is 4. The topological polar surface area (TPSA) is 45.6 Å². The summed E-state index contributed by atoms with van der Waals surface area (Å²) in [6.45, 7) is 5.10. The Kier molecular flexibility index (Phi) is 2.89. The van der Waals surface area contributed by atoms with Crippen molar-refractivity contribution < 1.29 is 9.84 Å². The van der Waals surface area contributed by atoms with Gasteiger partial charge >= 0.3 is 0 Å². The van der Waals surface area contributed by atoms with Crippen molar-refractivity contribution in [3.05, 3.63) is 48.7 Å². The fourth-order valence-corrected chi connectivity index (χ4v) is 5.46. The normalized spacial score (nSPS) is 35.0. The van der Waals surface area contributed by atoms with Crippen molar-refractivity contribution in [1.82, 2.24) is 9.88 Å². The van der Waals surface area contributed by atoms with E-state index in [0.717, 1.165) is 41.1 Å². The van der Waals surface area contributed by atoms with Gasteiger partial charge in [0.25, 0.3) is 0 Å². The summed E-state index contributed by atoms with van der Waals surface area (Å²) in [5, 5.41) is 12.1. The van der Waals surface area contributed by atoms with Crippen LogP contribution < -0.4 is 4.74 Å². The largest absolute Gasteiger partial charge is 0.497 e. The fraction of sp³-hybridized carbons (Fsp3) is 0.450. The molecule has 2 aliphatic heterocycles. The Bertz CT molecular complexity index is 835. The zero-order chi connectivity index (χ0) is 16.5. The predicted molar refractivity (Wildman–Crippen MR) is 92.9 cm³/mol. The van der Waals surface area contributed by atoms with E-state index in [0.29, 0.717) is 11.5 Å². The lowest BCUT2D eigenvalue weighted by molar-refractivity contribution is -0.0656. The molecule has 1 aliphatic carbocycles. The number of aromatic nitrogens is 1. The highest BCUT2D eigenvalue weighted by atomic mass is 16.5. The summed E-state index contributed by atoms with van der Waals surface area (Å²) in [6.07, 6.45) is 5.73. The molecule has 0 radical (unpaired) electrons. The molecule has 124 valence electrons. The molecule has 3 aliphatic rings. The van der Waals surface area contributed by atoms with E-state index in [4.69, 9.17) is 4.74 Å². The summed E-state index contributed by atoms with van der Waals surface area (Å²) in [4.78, 5) is 6.95. The van der Waals surface area contributed by atoms with Crippen LogP contribution in [0.1, 0.15) is 24.5 Å². The molecule has 1 aromatic carbocycles. The summed E-state index contributed by atoms with van der Waals surface area (Å²) in [5.41, 5.74) is 2.18. The van der Waals surface area contributed by atoms with E-state index >= 15 is 0 Å². The molecule has 5 rings (SSSR count). The summed E-state index contributed by atoms with van der Waals surface area (Å²) < 4.78 is 5.35. The van der Waals surface area contributed by atoms with Gasteiger partial charge in [0, 0.05) is 23.2 Å². The predicted octanol–water partition coefficient (Wildman–Crippen LogP) is 2.93. The summed E-state index contributed by atoms with van der Waals surface area (Å²) in [7, 11) is 1.66. The van der Waals surface area contributed by atoms with Gasteiger partial charge in [-0.3, -0.25) is 9.88 Å². The average Bonchev–Trinajstić information content (AvgIpc) is 3.18. The quantitative estimate of drug-likeness (QED) is 0.879. The zero-order valence-electron chi connectivity index (χ0n) is 13.9. The number of pyridine rings is 1. The van der Waals surface area contributed by atoms with Crippen molar-refractivity contribution in [2.24, 2.45) is 11.8 Å². The minimum Gasteiger partial charge on any atom is -0.497 e. The molecule has 24 heavy (non-hydrogen) atoms. The molecule has 1 spiro atoms. The molecule has 1 saturated carbocycles. The number of ether oxygens (including phenoxy) is 1. The molecule has 3 fully saturated rings. The van der Waals surface area contributed by atoms with Gasteiger partial charge in [-0.05, 0) is 61.1 Å². The van der Waals surface area contributed by atoms with E-state index in [2.05, 4.69) is 22.5 Å². The molecule has 0 amide bonds. The van der Waals surface area contributed by atoms with Gasteiger partial charge in [-0.25, -0.2) is 0 Å². The molecule has 0 bridgehead atoms. The number of aliphatic hydroxyl groups is 1. The van der Waals surface area contributed by atoms with Gasteiger partial charge < -0.3 is 9.84 Å². The number of aliphatic hydroxyl groups excluding tert-OH is 1. The number of hydrogen-bond donors (Lipinski definition) is 1. The number of benzene rings is 1. The number of hydrogen-bond acceptors (Lipinski definition) is 4. The first kappa shape index (κ1) is 14.4. The first-order valence-electron chi connectivity index (χ1n) is 8.70. The Hall–Kier alpha value is -1.91. The smallest absolute Gasteiger partial charge is 0.119 e. The van der Waals surface area contributed by atoms with Gasteiger partial charge in [0.15, 0.2) is 0 Å². The molecule has 2 saturated heterocycles. The number of methoxy groups -OCH3 is 1. The van der Waals surface area contributed by atoms with Crippen LogP contribution in [0, 0.1) is 11.8 Å². The number of nitrogens with zero attached hydrogens (tertiary/aromatic N) is 2. The second kappa shape index (κ2) is 4.80. The number of fused-ring (bicyclic) bond motifs is 1. The van der Waals surface area contributed by atoms with E-state index < -0.39 is 6.10 Å². The maximum atomic E-state index is 11.1. The van der Waals surface area contributed by atoms with Crippen molar-refractivity contribution >= 4 is 10.9 Å². The van der Waals surface area contributed by atoms with Crippen LogP contribution in [0.15, 0.2) is 43.1 Å².